The molecule has 4 heterocycles. The minimum Gasteiger partial charge on any atom is -0.395 e. The lowest BCUT2D eigenvalue weighted by atomic mass is 9.97. The molecule has 0 saturated carbocycles. The predicted octanol–water partition coefficient (Wildman–Crippen LogP) is 0.304. The van der Waals surface area contributed by atoms with Crippen LogP contribution in [-0.2, 0) is 17.7 Å². The first-order valence-electron chi connectivity index (χ1n) is 10.9. The first-order chi connectivity index (χ1) is 16.0. The van der Waals surface area contributed by atoms with Gasteiger partial charge >= 0.3 is 0 Å². The van der Waals surface area contributed by atoms with E-state index in [2.05, 4.69) is 26.3 Å². The summed E-state index contributed by atoms with van der Waals surface area (Å²) < 4.78 is 7.44. The molecule has 2 aromatic heterocycles. The largest absolute Gasteiger partial charge is 0.395 e. The molecule has 1 fully saturated rings. The molecule has 4 atom stereocenters. The van der Waals surface area contributed by atoms with Crippen LogP contribution in [0.25, 0.3) is 11.2 Å². The van der Waals surface area contributed by atoms with Crippen LogP contribution >= 0.6 is 0 Å². The van der Waals surface area contributed by atoms with Crippen LogP contribution in [0.3, 0.4) is 0 Å². The van der Waals surface area contributed by atoms with Crippen molar-refractivity contribution in [3.63, 3.8) is 0 Å². The van der Waals surface area contributed by atoms with Gasteiger partial charge in [-0.2, -0.15) is 5.26 Å². The van der Waals surface area contributed by atoms with Gasteiger partial charge in [0.05, 0.1) is 24.3 Å². The van der Waals surface area contributed by atoms with Gasteiger partial charge in [0.1, 0.15) is 18.5 Å². The third-order valence-electron chi connectivity index (χ3n) is 6.23. The van der Waals surface area contributed by atoms with E-state index in [1.165, 1.54) is 11.9 Å². The first-order valence-corrected chi connectivity index (χ1v) is 10.9. The highest BCUT2D eigenvalue weighted by molar-refractivity contribution is 5.86. The number of aliphatic hydroxyl groups excluding tert-OH is 3. The van der Waals surface area contributed by atoms with Gasteiger partial charge in [0.25, 0.3) is 0 Å². The number of nitrogens with zero attached hydrogens (tertiary/aromatic N) is 6. The van der Waals surface area contributed by atoms with Crippen LogP contribution in [-0.4, -0.2) is 72.8 Å². The summed E-state index contributed by atoms with van der Waals surface area (Å²) in [5.74, 6) is 0.982. The highest BCUT2D eigenvalue weighted by Crippen LogP contribution is 2.36. The van der Waals surface area contributed by atoms with Gasteiger partial charge in [-0.15, -0.1) is 0 Å². The number of anilines is 2. The molecule has 4 N–H and O–H groups in total. The molecule has 0 amide bonds. The van der Waals surface area contributed by atoms with Crippen LogP contribution < -0.4 is 10.2 Å². The number of benzene rings is 1. The van der Waals surface area contributed by atoms with Crippen molar-refractivity contribution >= 4 is 22.9 Å². The van der Waals surface area contributed by atoms with Crippen molar-refractivity contribution in [3.8, 4) is 6.07 Å². The van der Waals surface area contributed by atoms with E-state index in [1.54, 1.807) is 11.5 Å². The van der Waals surface area contributed by atoms with E-state index in [4.69, 9.17) is 9.72 Å². The van der Waals surface area contributed by atoms with Crippen molar-refractivity contribution in [2.45, 2.75) is 44.4 Å². The quantitative estimate of drug-likeness (QED) is 0.426. The van der Waals surface area contributed by atoms with Gasteiger partial charge in [-0.25, -0.2) is 15.0 Å². The average Bonchev–Trinajstić information content (AvgIpc) is 3.33. The highest BCUT2D eigenvalue weighted by atomic mass is 16.6. The topological polar surface area (TPSA) is 153 Å². The average molecular weight is 451 g/mol. The molecule has 2 aliphatic heterocycles. The van der Waals surface area contributed by atoms with Gasteiger partial charge in [0.2, 0.25) is 5.95 Å². The summed E-state index contributed by atoms with van der Waals surface area (Å²) in [7, 11) is 0. The SMILES string of the molecule is C[C@H]1O[C@@H](n2c(NCCO)nc3c(N4CCc5ccc(C#N)cc5C4)ncnc32)[C@H](O)[C@@H]1O. The normalized spacial score (nSPS) is 24.6. The number of ether oxygens (including phenoxy) is 1. The number of nitrogens with one attached hydrogen (secondary N) is 1. The van der Waals surface area contributed by atoms with E-state index in [1.807, 2.05) is 18.2 Å². The molecule has 0 bridgehead atoms. The number of rotatable bonds is 5. The van der Waals surface area contributed by atoms with Gasteiger partial charge < -0.3 is 30.3 Å². The summed E-state index contributed by atoms with van der Waals surface area (Å²) in [6.45, 7) is 3.10. The number of aliphatic hydroxyl groups is 3. The molecule has 5 rings (SSSR count). The molecule has 0 spiro atoms. The lowest BCUT2D eigenvalue weighted by Gasteiger charge is -2.29. The van der Waals surface area contributed by atoms with Crippen LogP contribution in [0.1, 0.15) is 29.8 Å². The van der Waals surface area contributed by atoms with Crippen molar-refractivity contribution in [2.24, 2.45) is 0 Å². The second-order valence-corrected chi connectivity index (χ2v) is 8.31. The van der Waals surface area contributed by atoms with E-state index in [-0.39, 0.29) is 13.2 Å². The summed E-state index contributed by atoms with van der Waals surface area (Å²) in [6, 6.07) is 7.92. The van der Waals surface area contributed by atoms with E-state index < -0.39 is 24.5 Å². The number of nitriles is 1. The molecular formula is C22H25N7O4. The highest BCUT2D eigenvalue weighted by Gasteiger charge is 2.43. The Morgan fingerprint density at radius 2 is 2.09 bits per heavy atom. The van der Waals surface area contributed by atoms with Crippen molar-refractivity contribution in [1.82, 2.24) is 19.5 Å². The Morgan fingerprint density at radius 1 is 1.24 bits per heavy atom. The Bertz CT molecular complexity index is 1220. The fraction of sp³-hybridized carbons (Fsp3) is 0.455. The minimum absolute atomic E-state index is 0.112. The first kappa shape index (κ1) is 21.5. The molecule has 33 heavy (non-hydrogen) atoms. The maximum Gasteiger partial charge on any atom is 0.207 e. The van der Waals surface area contributed by atoms with E-state index in [9.17, 15) is 20.6 Å². The van der Waals surface area contributed by atoms with Gasteiger partial charge in [-0.3, -0.25) is 4.57 Å². The number of fused-ring (bicyclic) bond motifs is 2. The van der Waals surface area contributed by atoms with Gasteiger partial charge in [-0.1, -0.05) is 6.07 Å². The predicted molar refractivity (Wildman–Crippen MR) is 118 cm³/mol. The maximum atomic E-state index is 10.6. The van der Waals surface area contributed by atoms with Crippen LogP contribution in [0.4, 0.5) is 11.8 Å². The number of imidazole rings is 1. The molecule has 11 heteroatoms. The summed E-state index contributed by atoms with van der Waals surface area (Å²) in [5, 5.41) is 42.5. The van der Waals surface area contributed by atoms with Crippen LogP contribution in [0.2, 0.25) is 0 Å². The molecule has 3 aromatic rings. The van der Waals surface area contributed by atoms with Gasteiger partial charge in [-0.05, 0) is 36.6 Å². The Hall–Kier alpha value is -3.30. The van der Waals surface area contributed by atoms with E-state index in [0.29, 0.717) is 35.0 Å². The molecular weight excluding hydrogens is 426 g/mol. The zero-order valence-electron chi connectivity index (χ0n) is 18.1. The van der Waals surface area contributed by atoms with Crippen molar-refractivity contribution in [2.75, 3.05) is 29.9 Å². The summed E-state index contributed by atoms with van der Waals surface area (Å²) in [6.07, 6.45) is -1.44. The zero-order valence-corrected chi connectivity index (χ0v) is 18.1. The molecule has 2 aliphatic rings. The van der Waals surface area contributed by atoms with Crippen LogP contribution in [0, 0.1) is 11.3 Å². The lowest BCUT2D eigenvalue weighted by Crippen LogP contribution is -2.31. The monoisotopic (exact) mass is 451 g/mol. The second-order valence-electron chi connectivity index (χ2n) is 8.31. The lowest BCUT2D eigenvalue weighted by molar-refractivity contribution is -0.0287. The van der Waals surface area contributed by atoms with Crippen LogP contribution in [0.5, 0.6) is 0 Å². The smallest absolute Gasteiger partial charge is 0.207 e. The number of hydrogen-bond acceptors (Lipinski definition) is 10. The van der Waals surface area contributed by atoms with E-state index in [0.717, 1.165) is 18.5 Å². The number of hydrogen-bond donors (Lipinski definition) is 4. The third-order valence-corrected chi connectivity index (χ3v) is 6.23. The summed E-state index contributed by atoms with van der Waals surface area (Å²) in [5.41, 5.74) is 3.85. The summed E-state index contributed by atoms with van der Waals surface area (Å²) >= 11 is 0. The second kappa shape index (κ2) is 8.57. The van der Waals surface area contributed by atoms with Gasteiger partial charge in [0, 0.05) is 19.6 Å². The summed E-state index contributed by atoms with van der Waals surface area (Å²) in [4.78, 5) is 15.7. The van der Waals surface area contributed by atoms with E-state index >= 15 is 0 Å². The molecule has 0 aliphatic carbocycles. The molecule has 1 saturated heterocycles. The Labute approximate surface area is 189 Å². The molecule has 0 unspecified atom stereocenters. The van der Waals surface area contributed by atoms with Crippen molar-refractivity contribution in [1.29, 1.82) is 5.26 Å². The Balaban J connectivity index is 1.57. The fourth-order valence-electron chi connectivity index (χ4n) is 4.51. The Morgan fingerprint density at radius 3 is 2.82 bits per heavy atom. The third kappa shape index (κ3) is 3.67. The maximum absolute atomic E-state index is 10.6. The molecule has 0 radical (unpaired) electrons. The van der Waals surface area contributed by atoms with Crippen molar-refractivity contribution < 1.29 is 20.1 Å². The van der Waals surface area contributed by atoms with Crippen molar-refractivity contribution in [3.05, 3.63) is 41.2 Å². The Kier molecular flexibility index (Phi) is 5.59. The molecule has 172 valence electrons. The minimum atomic E-state index is -1.17. The fourth-order valence-corrected chi connectivity index (χ4v) is 4.51. The van der Waals surface area contributed by atoms with Crippen LogP contribution in [0.15, 0.2) is 24.5 Å². The van der Waals surface area contributed by atoms with Gasteiger partial charge in [0.15, 0.2) is 23.2 Å². The standard InChI is InChI=1S/C22H25N7O4/c1-12-17(31)18(32)21(33-12)29-20-16(27-22(29)24-5-7-30)19(25-11-26-20)28-6-4-14-3-2-13(9-23)8-15(14)10-28/h2-3,8,11-12,17-18,21,30-32H,4-7,10H2,1H3,(H,24,27)/t12-,17-,18-,21-/m1/s1. The molecule has 1 aromatic carbocycles. The molecule has 11 nitrogen and oxygen atoms in total. The zero-order chi connectivity index (χ0) is 23.1. The number of aromatic nitrogens is 4.